The quantitative estimate of drug-likeness (QED) is 0.928. The molecule has 112 valence electrons. The van der Waals surface area contributed by atoms with E-state index in [1.165, 1.54) is 4.68 Å². The number of hydrogen-bond donors (Lipinski definition) is 1. The van der Waals surface area contributed by atoms with Gasteiger partial charge >= 0.3 is 0 Å². The molecule has 0 bridgehead atoms. The van der Waals surface area contributed by atoms with E-state index in [9.17, 15) is 4.79 Å². The summed E-state index contributed by atoms with van der Waals surface area (Å²) in [5, 5.41) is 7.72. The van der Waals surface area contributed by atoms with Crippen LogP contribution >= 0.6 is 11.6 Å². The minimum atomic E-state index is -0.231. The van der Waals surface area contributed by atoms with E-state index in [2.05, 4.69) is 10.4 Å². The lowest BCUT2D eigenvalue weighted by Gasteiger charge is -2.28. The third-order valence-electron chi connectivity index (χ3n) is 3.37. The first-order chi connectivity index (χ1) is 9.47. The first-order valence-electron chi connectivity index (χ1n) is 7.11. The summed E-state index contributed by atoms with van der Waals surface area (Å²) in [6.07, 6.45) is 3.70. The molecule has 6 heteroatoms. The van der Waals surface area contributed by atoms with Crippen molar-refractivity contribution < 1.29 is 4.74 Å². The van der Waals surface area contributed by atoms with Crippen LogP contribution in [0.4, 0.5) is 5.69 Å². The fourth-order valence-corrected chi connectivity index (χ4v) is 2.59. The zero-order valence-electron chi connectivity index (χ0n) is 12.2. The van der Waals surface area contributed by atoms with Gasteiger partial charge in [0.05, 0.1) is 18.0 Å². The molecule has 1 aliphatic heterocycles. The number of halogens is 1. The van der Waals surface area contributed by atoms with Crippen molar-refractivity contribution in [2.45, 2.75) is 52.3 Å². The minimum absolute atomic E-state index is 0.222. The Balaban J connectivity index is 2.13. The van der Waals surface area contributed by atoms with Crippen molar-refractivity contribution in [3.05, 3.63) is 21.6 Å². The minimum Gasteiger partial charge on any atom is -0.379 e. The van der Waals surface area contributed by atoms with Gasteiger partial charge in [0.15, 0.2) is 0 Å². The van der Waals surface area contributed by atoms with Crippen LogP contribution in [0.2, 0.25) is 5.02 Å². The van der Waals surface area contributed by atoms with Crippen LogP contribution in [-0.4, -0.2) is 28.5 Å². The Morgan fingerprint density at radius 2 is 2.35 bits per heavy atom. The molecule has 1 N–H and O–H groups in total. The summed E-state index contributed by atoms with van der Waals surface area (Å²) >= 11 is 6.17. The standard InChI is InChI=1S/C14H22ClN3O2/c1-9(2)8-18-14(19)13(15)12(7-16-18)17-11-4-5-20-10(3)6-11/h7,9-11,17H,4-6,8H2,1-3H3. The fraction of sp³-hybridized carbons (Fsp3) is 0.714. The zero-order chi connectivity index (χ0) is 14.7. The Morgan fingerprint density at radius 3 is 3.00 bits per heavy atom. The second kappa shape index (κ2) is 6.59. The smallest absolute Gasteiger partial charge is 0.287 e. The summed E-state index contributed by atoms with van der Waals surface area (Å²) in [4.78, 5) is 12.1. The maximum Gasteiger partial charge on any atom is 0.287 e. The van der Waals surface area contributed by atoms with Gasteiger partial charge in [-0.3, -0.25) is 4.79 Å². The molecule has 0 saturated carbocycles. The first-order valence-corrected chi connectivity index (χ1v) is 7.49. The van der Waals surface area contributed by atoms with Crippen molar-refractivity contribution >= 4 is 17.3 Å². The van der Waals surface area contributed by atoms with E-state index in [0.717, 1.165) is 19.4 Å². The topological polar surface area (TPSA) is 56.1 Å². The van der Waals surface area contributed by atoms with Crippen molar-refractivity contribution in [2.75, 3.05) is 11.9 Å². The van der Waals surface area contributed by atoms with Gasteiger partial charge in [-0.2, -0.15) is 5.10 Å². The molecule has 2 unspecified atom stereocenters. The maximum atomic E-state index is 12.1. The number of aromatic nitrogens is 2. The van der Waals surface area contributed by atoms with Crippen molar-refractivity contribution in [3.8, 4) is 0 Å². The maximum absolute atomic E-state index is 12.1. The van der Waals surface area contributed by atoms with E-state index < -0.39 is 0 Å². The van der Waals surface area contributed by atoms with Crippen LogP contribution in [0.25, 0.3) is 0 Å². The van der Waals surface area contributed by atoms with Gasteiger partial charge in [0, 0.05) is 19.2 Å². The Morgan fingerprint density at radius 1 is 1.60 bits per heavy atom. The molecule has 1 fully saturated rings. The summed E-state index contributed by atoms with van der Waals surface area (Å²) in [5.41, 5.74) is 0.390. The lowest BCUT2D eigenvalue weighted by atomic mass is 10.0. The highest BCUT2D eigenvalue weighted by atomic mass is 35.5. The van der Waals surface area contributed by atoms with Gasteiger partial charge < -0.3 is 10.1 Å². The number of nitrogens with zero attached hydrogens (tertiary/aromatic N) is 2. The Kier molecular flexibility index (Phi) is 5.05. The van der Waals surface area contributed by atoms with Crippen LogP contribution in [0.5, 0.6) is 0 Å². The number of anilines is 1. The summed E-state index contributed by atoms with van der Waals surface area (Å²) in [6, 6.07) is 0.276. The summed E-state index contributed by atoms with van der Waals surface area (Å²) < 4.78 is 6.93. The second-order valence-corrected chi connectivity index (χ2v) is 6.18. The van der Waals surface area contributed by atoms with E-state index in [-0.39, 0.29) is 22.7 Å². The molecule has 2 rings (SSSR count). The van der Waals surface area contributed by atoms with E-state index in [1.807, 2.05) is 20.8 Å². The van der Waals surface area contributed by atoms with Crippen LogP contribution in [0.3, 0.4) is 0 Å². The van der Waals surface area contributed by atoms with Crippen molar-refractivity contribution in [1.82, 2.24) is 9.78 Å². The molecule has 1 aromatic rings. The summed E-state index contributed by atoms with van der Waals surface area (Å²) in [5.74, 6) is 0.353. The SMILES string of the molecule is CC(C)Cn1ncc(NC2CCOC(C)C2)c(Cl)c1=O. The Bertz CT molecular complexity index is 516. The van der Waals surface area contributed by atoms with Gasteiger partial charge in [0.25, 0.3) is 5.56 Å². The van der Waals surface area contributed by atoms with Crippen LogP contribution in [0.15, 0.2) is 11.0 Å². The predicted molar refractivity (Wildman–Crippen MR) is 80.4 cm³/mol. The van der Waals surface area contributed by atoms with Crippen molar-refractivity contribution in [3.63, 3.8) is 0 Å². The lowest BCUT2D eigenvalue weighted by Crippen LogP contribution is -2.34. The molecule has 1 aliphatic rings. The van der Waals surface area contributed by atoms with Crippen molar-refractivity contribution in [2.24, 2.45) is 5.92 Å². The molecule has 0 aromatic carbocycles. The average Bonchev–Trinajstić information content (AvgIpc) is 2.38. The molecular formula is C14H22ClN3O2. The van der Waals surface area contributed by atoms with Gasteiger partial charge in [-0.1, -0.05) is 25.4 Å². The number of ether oxygens (including phenoxy) is 1. The van der Waals surface area contributed by atoms with Gasteiger partial charge in [0.2, 0.25) is 0 Å². The Hall–Kier alpha value is -1.07. The molecule has 0 amide bonds. The van der Waals surface area contributed by atoms with Crippen LogP contribution in [0.1, 0.15) is 33.6 Å². The molecular weight excluding hydrogens is 278 g/mol. The van der Waals surface area contributed by atoms with Crippen LogP contribution in [0, 0.1) is 5.92 Å². The van der Waals surface area contributed by atoms with Crippen molar-refractivity contribution in [1.29, 1.82) is 0 Å². The number of nitrogens with one attached hydrogen (secondary N) is 1. The second-order valence-electron chi connectivity index (χ2n) is 5.80. The highest BCUT2D eigenvalue weighted by Crippen LogP contribution is 2.22. The molecule has 1 aromatic heterocycles. The summed E-state index contributed by atoms with van der Waals surface area (Å²) in [6.45, 7) is 7.44. The molecule has 5 nitrogen and oxygen atoms in total. The number of rotatable bonds is 4. The highest BCUT2D eigenvalue weighted by molar-refractivity contribution is 6.32. The first kappa shape index (κ1) is 15.3. The zero-order valence-corrected chi connectivity index (χ0v) is 13.0. The molecule has 1 saturated heterocycles. The van der Waals surface area contributed by atoms with E-state index in [0.29, 0.717) is 18.2 Å². The number of hydrogen-bond acceptors (Lipinski definition) is 4. The van der Waals surface area contributed by atoms with E-state index >= 15 is 0 Å². The summed E-state index contributed by atoms with van der Waals surface area (Å²) in [7, 11) is 0. The van der Waals surface area contributed by atoms with Crippen LogP contribution in [-0.2, 0) is 11.3 Å². The van der Waals surface area contributed by atoms with Gasteiger partial charge in [-0.25, -0.2) is 4.68 Å². The molecule has 2 atom stereocenters. The molecule has 0 aliphatic carbocycles. The van der Waals surface area contributed by atoms with Gasteiger partial charge in [0.1, 0.15) is 5.02 Å². The van der Waals surface area contributed by atoms with E-state index in [1.54, 1.807) is 6.20 Å². The molecule has 0 spiro atoms. The van der Waals surface area contributed by atoms with Gasteiger partial charge in [-0.05, 0) is 25.7 Å². The average molecular weight is 300 g/mol. The third kappa shape index (κ3) is 3.73. The normalized spacial score (nSPS) is 23.1. The monoisotopic (exact) mass is 299 g/mol. The fourth-order valence-electron chi connectivity index (χ4n) is 2.39. The third-order valence-corrected chi connectivity index (χ3v) is 3.73. The van der Waals surface area contributed by atoms with E-state index in [4.69, 9.17) is 16.3 Å². The Labute approximate surface area is 124 Å². The highest BCUT2D eigenvalue weighted by Gasteiger charge is 2.21. The lowest BCUT2D eigenvalue weighted by molar-refractivity contribution is 0.0232. The predicted octanol–water partition coefficient (Wildman–Crippen LogP) is 2.53. The largest absolute Gasteiger partial charge is 0.379 e. The molecule has 2 heterocycles. The molecule has 0 radical (unpaired) electrons. The van der Waals surface area contributed by atoms with Gasteiger partial charge in [-0.15, -0.1) is 0 Å². The van der Waals surface area contributed by atoms with Crippen LogP contribution < -0.4 is 10.9 Å². The molecule has 20 heavy (non-hydrogen) atoms.